The number of hydrogen-bond donors (Lipinski definition) is 2. The van der Waals surface area contributed by atoms with E-state index in [1.807, 2.05) is 31.2 Å². The van der Waals surface area contributed by atoms with E-state index in [1.54, 1.807) is 20.1 Å². The lowest BCUT2D eigenvalue weighted by Gasteiger charge is -2.12. The minimum absolute atomic E-state index is 0. The zero-order chi connectivity index (χ0) is 19.6. The standard InChI is InChI=1S/C20H27N3O4.HI/c1-5-21-20(22-11-10-15-8-6-7-9-18(15)25-3)23-13-16-12-17(14(2)27-16)19(24)26-4;/h6-9,12H,5,10-11,13H2,1-4H3,(H2,21,22,23);1H. The van der Waals surface area contributed by atoms with Crippen LogP contribution in [0.4, 0.5) is 0 Å². The summed E-state index contributed by atoms with van der Waals surface area (Å²) in [6, 6.07) is 9.62. The third-order valence-electron chi connectivity index (χ3n) is 3.99. The Bertz CT molecular complexity index is 790. The summed E-state index contributed by atoms with van der Waals surface area (Å²) >= 11 is 0. The number of halogens is 1. The number of esters is 1. The van der Waals surface area contributed by atoms with Crippen LogP contribution in [0.3, 0.4) is 0 Å². The van der Waals surface area contributed by atoms with E-state index in [-0.39, 0.29) is 24.0 Å². The van der Waals surface area contributed by atoms with E-state index in [0.717, 1.165) is 24.3 Å². The molecule has 2 rings (SSSR count). The Labute approximate surface area is 182 Å². The van der Waals surface area contributed by atoms with Crippen molar-refractivity contribution in [2.24, 2.45) is 4.99 Å². The zero-order valence-electron chi connectivity index (χ0n) is 16.7. The predicted molar refractivity (Wildman–Crippen MR) is 120 cm³/mol. The van der Waals surface area contributed by atoms with Crippen molar-refractivity contribution in [1.82, 2.24) is 10.6 Å². The summed E-state index contributed by atoms with van der Waals surface area (Å²) in [7, 11) is 3.02. The zero-order valence-corrected chi connectivity index (χ0v) is 19.0. The average Bonchev–Trinajstić information content (AvgIpc) is 3.06. The fourth-order valence-corrected chi connectivity index (χ4v) is 2.66. The van der Waals surface area contributed by atoms with Crippen molar-refractivity contribution >= 4 is 35.9 Å². The van der Waals surface area contributed by atoms with Gasteiger partial charge in [0.1, 0.15) is 29.4 Å². The Balaban J connectivity index is 0.00000392. The largest absolute Gasteiger partial charge is 0.496 e. The van der Waals surface area contributed by atoms with Gasteiger partial charge < -0.3 is 24.5 Å². The molecule has 154 valence electrons. The fraction of sp³-hybridized carbons (Fsp3) is 0.400. The molecule has 0 saturated carbocycles. The van der Waals surface area contributed by atoms with Crippen molar-refractivity contribution in [1.29, 1.82) is 0 Å². The predicted octanol–water partition coefficient (Wildman–Crippen LogP) is 3.30. The number of carbonyl (C=O) groups is 1. The van der Waals surface area contributed by atoms with Crippen molar-refractivity contribution < 1.29 is 18.7 Å². The maximum Gasteiger partial charge on any atom is 0.341 e. The van der Waals surface area contributed by atoms with Crippen LogP contribution in [-0.4, -0.2) is 39.2 Å². The van der Waals surface area contributed by atoms with E-state index in [1.165, 1.54) is 7.11 Å². The number of furan rings is 1. The van der Waals surface area contributed by atoms with Crippen molar-refractivity contribution in [3.8, 4) is 5.75 Å². The minimum atomic E-state index is -0.409. The van der Waals surface area contributed by atoms with Crippen molar-refractivity contribution in [2.75, 3.05) is 27.3 Å². The van der Waals surface area contributed by atoms with Crippen LogP contribution in [-0.2, 0) is 17.7 Å². The van der Waals surface area contributed by atoms with Gasteiger partial charge in [-0.3, -0.25) is 0 Å². The summed E-state index contributed by atoms with van der Waals surface area (Å²) in [6.45, 7) is 5.50. The van der Waals surface area contributed by atoms with Gasteiger partial charge in [0.2, 0.25) is 0 Å². The molecule has 2 aromatic rings. The Morgan fingerprint density at radius 1 is 1.21 bits per heavy atom. The van der Waals surface area contributed by atoms with Crippen LogP contribution in [0.1, 0.15) is 34.4 Å². The second kappa shape index (κ2) is 12.3. The first-order valence-electron chi connectivity index (χ1n) is 8.90. The molecular weight excluding hydrogens is 473 g/mol. The number of aliphatic imine (C=N–C) groups is 1. The Morgan fingerprint density at radius 2 is 1.96 bits per heavy atom. The van der Waals surface area contributed by atoms with Crippen LogP contribution in [0, 0.1) is 6.92 Å². The SMILES string of the molecule is CCNC(=NCc1cc(C(=O)OC)c(C)o1)NCCc1ccccc1OC.I. The van der Waals surface area contributed by atoms with E-state index in [9.17, 15) is 4.79 Å². The number of nitrogens with zero attached hydrogens (tertiary/aromatic N) is 1. The van der Waals surface area contributed by atoms with Gasteiger partial charge in [-0.1, -0.05) is 18.2 Å². The average molecular weight is 501 g/mol. The first-order chi connectivity index (χ1) is 13.1. The van der Waals surface area contributed by atoms with Crippen LogP contribution in [0.5, 0.6) is 5.75 Å². The van der Waals surface area contributed by atoms with Gasteiger partial charge in [0.25, 0.3) is 0 Å². The normalized spacial score (nSPS) is 10.8. The topological polar surface area (TPSA) is 85.1 Å². The molecule has 0 aliphatic heterocycles. The summed E-state index contributed by atoms with van der Waals surface area (Å²) in [5.41, 5.74) is 1.56. The lowest BCUT2D eigenvalue weighted by atomic mass is 10.1. The molecule has 0 aliphatic rings. The molecular formula is C20H28IN3O4. The second-order valence-electron chi connectivity index (χ2n) is 5.86. The highest BCUT2D eigenvalue weighted by atomic mass is 127. The van der Waals surface area contributed by atoms with Crippen LogP contribution in [0.25, 0.3) is 0 Å². The number of rotatable bonds is 8. The molecule has 7 nitrogen and oxygen atoms in total. The maximum atomic E-state index is 11.7. The number of benzene rings is 1. The maximum absolute atomic E-state index is 11.7. The minimum Gasteiger partial charge on any atom is -0.496 e. The third kappa shape index (κ3) is 6.74. The lowest BCUT2D eigenvalue weighted by molar-refractivity contribution is 0.0599. The Kier molecular flexibility index (Phi) is 10.4. The van der Waals surface area contributed by atoms with Crippen LogP contribution in [0.15, 0.2) is 39.7 Å². The van der Waals surface area contributed by atoms with E-state index in [4.69, 9.17) is 13.9 Å². The smallest absolute Gasteiger partial charge is 0.341 e. The number of guanidine groups is 1. The summed E-state index contributed by atoms with van der Waals surface area (Å²) < 4.78 is 15.7. The molecule has 0 saturated heterocycles. The van der Waals surface area contributed by atoms with E-state index >= 15 is 0 Å². The van der Waals surface area contributed by atoms with Crippen LogP contribution >= 0.6 is 24.0 Å². The summed E-state index contributed by atoms with van der Waals surface area (Å²) in [6.07, 6.45) is 0.806. The molecule has 0 amide bonds. The van der Waals surface area contributed by atoms with Crippen molar-refractivity contribution in [3.63, 3.8) is 0 Å². The molecule has 0 radical (unpaired) electrons. The molecule has 0 bridgehead atoms. The molecule has 28 heavy (non-hydrogen) atoms. The summed E-state index contributed by atoms with van der Waals surface area (Å²) in [4.78, 5) is 16.2. The molecule has 0 atom stereocenters. The quantitative estimate of drug-likeness (QED) is 0.250. The van der Waals surface area contributed by atoms with Crippen LogP contribution < -0.4 is 15.4 Å². The number of aryl methyl sites for hydroxylation is 1. The molecule has 0 fully saturated rings. The molecule has 0 unspecified atom stereocenters. The Morgan fingerprint density at radius 3 is 2.64 bits per heavy atom. The number of methoxy groups -OCH3 is 2. The second-order valence-corrected chi connectivity index (χ2v) is 5.86. The molecule has 8 heteroatoms. The number of carbonyl (C=O) groups excluding carboxylic acids is 1. The number of para-hydroxylation sites is 1. The van der Waals surface area contributed by atoms with Crippen molar-refractivity contribution in [2.45, 2.75) is 26.8 Å². The summed E-state index contributed by atoms with van der Waals surface area (Å²) in [5, 5.41) is 6.49. The number of nitrogens with one attached hydrogen (secondary N) is 2. The highest BCUT2D eigenvalue weighted by Gasteiger charge is 2.15. The summed E-state index contributed by atoms with van der Waals surface area (Å²) in [5.74, 6) is 2.29. The molecule has 0 spiro atoms. The van der Waals surface area contributed by atoms with Gasteiger partial charge >= 0.3 is 5.97 Å². The third-order valence-corrected chi connectivity index (χ3v) is 3.99. The molecule has 1 aromatic carbocycles. The van der Waals surface area contributed by atoms with Crippen LogP contribution in [0.2, 0.25) is 0 Å². The number of ether oxygens (including phenoxy) is 2. The number of hydrogen-bond acceptors (Lipinski definition) is 5. The molecule has 1 heterocycles. The first-order valence-corrected chi connectivity index (χ1v) is 8.90. The van der Waals surface area contributed by atoms with Gasteiger partial charge in [-0.2, -0.15) is 0 Å². The monoisotopic (exact) mass is 501 g/mol. The first kappa shape index (κ1) is 23.8. The van der Waals surface area contributed by atoms with Gasteiger partial charge in [0.15, 0.2) is 5.96 Å². The molecule has 0 aliphatic carbocycles. The molecule has 1 aromatic heterocycles. The van der Waals surface area contributed by atoms with E-state index in [2.05, 4.69) is 15.6 Å². The highest BCUT2D eigenvalue weighted by molar-refractivity contribution is 14.0. The van der Waals surface area contributed by atoms with E-state index in [0.29, 0.717) is 36.1 Å². The van der Waals surface area contributed by atoms with Gasteiger partial charge in [-0.15, -0.1) is 24.0 Å². The van der Waals surface area contributed by atoms with Crippen molar-refractivity contribution in [3.05, 3.63) is 53.0 Å². The van der Waals surface area contributed by atoms with Gasteiger partial charge in [-0.25, -0.2) is 9.79 Å². The van der Waals surface area contributed by atoms with E-state index < -0.39 is 5.97 Å². The fourth-order valence-electron chi connectivity index (χ4n) is 2.66. The molecule has 2 N–H and O–H groups in total. The van der Waals surface area contributed by atoms with Gasteiger partial charge in [0.05, 0.1) is 14.2 Å². The highest BCUT2D eigenvalue weighted by Crippen LogP contribution is 2.17. The van der Waals surface area contributed by atoms with Gasteiger partial charge in [0, 0.05) is 13.1 Å². The lowest BCUT2D eigenvalue weighted by Crippen LogP contribution is -2.38. The van der Waals surface area contributed by atoms with Gasteiger partial charge in [-0.05, 0) is 38.0 Å². The Hall–Kier alpha value is -2.23.